The van der Waals surface area contributed by atoms with Crippen molar-refractivity contribution in [2.75, 3.05) is 26.8 Å². The summed E-state index contributed by atoms with van der Waals surface area (Å²) >= 11 is 3.31. The van der Waals surface area contributed by atoms with Crippen molar-refractivity contribution in [3.05, 3.63) is 22.7 Å². The van der Waals surface area contributed by atoms with Gasteiger partial charge in [-0.1, -0.05) is 15.9 Å². The first-order valence-corrected chi connectivity index (χ1v) is 9.17. The van der Waals surface area contributed by atoms with Gasteiger partial charge in [0.25, 0.3) is 0 Å². The fourth-order valence-corrected chi connectivity index (χ4v) is 4.63. The second-order valence-corrected chi connectivity index (χ2v) is 7.68. The SMILES string of the molecule is CCOC1CCN(S(=O)(=O)c2cc(Br)ccc2OC)CC1. The Kier molecular flexibility index (Phi) is 5.65. The highest BCUT2D eigenvalue weighted by Gasteiger charge is 2.31. The van der Waals surface area contributed by atoms with Crippen LogP contribution in [0, 0.1) is 0 Å². The van der Waals surface area contributed by atoms with Crippen LogP contribution in [0.4, 0.5) is 0 Å². The molecule has 0 spiro atoms. The van der Waals surface area contributed by atoms with E-state index in [2.05, 4.69) is 15.9 Å². The molecular weight excluding hydrogens is 358 g/mol. The highest BCUT2D eigenvalue weighted by Crippen LogP contribution is 2.31. The topological polar surface area (TPSA) is 55.8 Å². The Morgan fingerprint density at radius 2 is 2.00 bits per heavy atom. The largest absolute Gasteiger partial charge is 0.495 e. The molecule has 21 heavy (non-hydrogen) atoms. The summed E-state index contributed by atoms with van der Waals surface area (Å²) in [6.07, 6.45) is 1.61. The molecule has 0 bridgehead atoms. The molecule has 1 aliphatic heterocycles. The smallest absolute Gasteiger partial charge is 0.246 e. The molecule has 1 heterocycles. The highest BCUT2D eigenvalue weighted by atomic mass is 79.9. The molecule has 5 nitrogen and oxygen atoms in total. The van der Waals surface area contributed by atoms with Crippen LogP contribution in [0.5, 0.6) is 5.75 Å². The van der Waals surface area contributed by atoms with E-state index in [9.17, 15) is 8.42 Å². The van der Waals surface area contributed by atoms with E-state index in [-0.39, 0.29) is 11.0 Å². The number of hydrogen-bond acceptors (Lipinski definition) is 4. The molecule has 0 aromatic heterocycles. The molecule has 0 radical (unpaired) electrons. The van der Waals surface area contributed by atoms with Crippen molar-refractivity contribution in [2.24, 2.45) is 0 Å². The number of methoxy groups -OCH3 is 1. The van der Waals surface area contributed by atoms with E-state index in [0.717, 1.165) is 12.8 Å². The summed E-state index contributed by atoms with van der Waals surface area (Å²) in [6, 6.07) is 5.01. The van der Waals surface area contributed by atoms with Gasteiger partial charge in [-0.15, -0.1) is 0 Å². The summed E-state index contributed by atoms with van der Waals surface area (Å²) < 4.78 is 38.5. The minimum Gasteiger partial charge on any atom is -0.495 e. The van der Waals surface area contributed by atoms with Crippen LogP contribution in [-0.4, -0.2) is 45.6 Å². The normalized spacial score (nSPS) is 17.9. The molecule has 118 valence electrons. The molecule has 0 saturated carbocycles. The second kappa shape index (κ2) is 7.09. The summed E-state index contributed by atoms with van der Waals surface area (Å²) in [5, 5.41) is 0. The molecule has 0 unspecified atom stereocenters. The van der Waals surface area contributed by atoms with Gasteiger partial charge in [0, 0.05) is 24.2 Å². The van der Waals surface area contributed by atoms with Gasteiger partial charge in [0.05, 0.1) is 13.2 Å². The Morgan fingerprint density at radius 3 is 2.57 bits per heavy atom. The molecule has 2 rings (SSSR count). The zero-order valence-corrected chi connectivity index (χ0v) is 14.6. The van der Waals surface area contributed by atoms with E-state index in [4.69, 9.17) is 9.47 Å². The molecule has 0 aliphatic carbocycles. The van der Waals surface area contributed by atoms with Crippen LogP contribution in [0.3, 0.4) is 0 Å². The van der Waals surface area contributed by atoms with Gasteiger partial charge in [-0.25, -0.2) is 8.42 Å². The van der Waals surface area contributed by atoms with Crippen LogP contribution in [0.25, 0.3) is 0 Å². The first-order chi connectivity index (χ1) is 9.98. The summed E-state index contributed by atoms with van der Waals surface area (Å²) in [5.74, 6) is 0.366. The number of sulfonamides is 1. The van der Waals surface area contributed by atoms with Gasteiger partial charge in [-0.3, -0.25) is 0 Å². The van der Waals surface area contributed by atoms with Gasteiger partial charge < -0.3 is 9.47 Å². The zero-order valence-electron chi connectivity index (χ0n) is 12.2. The quantitative estimate of drug-likeness (QED) is 0.791. The minimum absolute atomic E-state index is 0.158. The van der Waals surface area contributed by atoms with Crippen molar-refractivity contribution in [1.29, 1.82) is 0 Å². The number of benzene rings is 1. The third kappa shape index (κ3) is 3.77. The lowest BCUT2D eigenvalue weighted by atomic mass is 10.1. The van der Waals surface area contributed by atoms with E-state index in [1.165, 1.54) is 11.4 Å². The van der Waals surface area contributed by atoms with Crippen LogP contribution in [0.2, 0.25) is 0 Å². The fraction of sp³-hybridized carbons (Fsp3) is 0.571. The Labute approximate surface area is 134 Å². The van der Waals surface area contributed by atoms with Crippen molar-refractivity contribution in [1.82, 2.24) is 4.31 Å². The standard InChI is InChI=1S/C14H20BrNO4S/c1-3-20-12-6-8-16(9-7-12)21(17,18)14-10-11(15)4-5-13(14)19-2/h4-5,10,12H,3,6-9H2,1-2H3. The molecule has 1 aromatic rings. The Balaban J connectivity index is 2.21. The van der Waals surface area contributed by atoms with E-state index in [1.807, 2.05) is 6.92 Å². The van der Waals surface area contributed by atoms with E-state index < -0.39 is 10.0 Å². The fourth-order valence-electron chi connectivity index (χ4n) is 2.47. The van der Waals surface area contributed by atoms with Gasteiger partial charge in [-0.05, 0) is 38.0 Å². The first kappa shape index (κ1) is 16.7. The van der Waals surface area contributed by atoms with Gasteiger partial charge in [0.15, 0.2) is 0 Å². The molecule has 0 amide bonds. The maximum atomic E-state index is 12.8. The summed E-state index contributed by atoms with van der Waals surface area (Å²) in [6.45, 7) is 3.57. The van der Waals surface area contributed by atoms with Crippen LogP contribution < -0.4 is 4.74 Å². The summed E-state index contributed by atoms with van der Waals surface area (Å²) in [5.41, 5.74) is 0. The van der Waals surface area contributed by atoms with E-state index >= 15 is 0 Å². The molecule has 1 aliphatic rings. The number of halogens is 1. The Bertz CT molecular complexity index is 583. The molecule has 1 saturated heterocycles. The second-order valence-electron chi connectivity index (χ2n) is 4.85. The van der Waals surface area contributed by atoms with Crippen molar-refractivity contribution in [3.8, 4) is 5.75 Å². The zero-order chi connectivity index (χ0) is 15.5. The average Bonchev–Trinajstić information content (AvgIpc) is 2.48. The third-order valence-corrected chi connectivity index (χ3v) is 5.96. The molecule has 7 heteroatoms. The van der Waals surface area contributed by atoms with E-state index in [0.29, 0.717) is 29.9 Å². The third-order valence-electron chi connectivity index (χ3n) is 3.55. The maximum Gasteiger partial charge on any atom is 0.246 e. The number of hydrogen-bond donors (Lipinski definition) is 0. The molecule has 0 N–H and O–H groups in total. The van der Waals surface area contributed by atoms with Gasteiger partial charge in [0.2, 0.25) is 10.0 Å². The van der Waals surface area contributed by atoms with Crippen molar-refractivity contribution < 1.29 is 17.9 Å². The van der Waals surface area contributed by atoms with E-state index in [1.54, 1.807) is 18.2 Å². The van der Waals surface area contributed by atoms with Crippen molar-refractivity contribution in [3.63, 3.8) is 0 Å². The molecule has 1 aromatic carbocycles. The number of ether oxygens (including phenoxy) is 2. The lowest BCUT2D eigenvalue weighted by molar-refractivity contribution is 0.0290. The molecular formula is C14H20BrNO4S. The minimum atomic E-state index is -3.54. The predicted octanol–water partition coefficient (Wildman–Crippen LogP) is 2.65. The molecule has 1 fully saturated rings. The van der Waals surface area contributed by atoms with Gasteiger partial charge in [0.1, 0.15) is 10.6 Å². The molecule has 0 atom stereocenters. The maximum absolute atomic E-state index is 12.8. The lowest BCUT2D eigenvalue weighted by Gasteiger charge is -2.31. The van der Waals surface area contributed by atoms with Crippen molar-refractivity contribution >= 4 is 26.0 Å². The predicted molar refractivity (Wildman–Crippen MR) is 84.1 cm³/mol. The first-order valence-electron chi connectivity index (χ1n) is 6.94. The van der Waals surface area contributed by atoms with Crippen molar-refractivity contribution in [2.45, 2.75) is 30.8 Å². The lowest BCUT2D eigenvalue weighted by Crippen LogP contribution is -2.40. The Hall–Kier alpha value is -0.630. The summed E-state index contributed by atoms with van der Waals surface area (Å²) in [4.78, 5) is 0.203. The monoisotopic (exact) mass is 377 g/mol. The van der Waals surface area contributed by atoms with Crippen LogP contribution in [0.1, 0.15) is 19.8 Å². The van der Waals surface area contributed by atoms with Crippen LogP contribution in [0.15, 0.2) is 27.6 Å². The van der Waals surface area contributed by atoms with Crippen LogP contribution in [-0.2, 0) is 14.8 Å². The van der Waals surface area contributed by atoms with Gasteiger partial charge in [-0.2, -0.15) is 4.31 Å². The Morgan fingerprint density at radius 1 is 1.33 bits per heavy atom. The summed E-state index contributed by atoms with van der Waals surface area (Å²) in [7, 11) is -2.07. The number of nitrogens with zero attached hydrogens (tertiary/aromatic N) is 1. The highest BCUT2D eigenvalue weighted by molar-refractivity contribution is 9.10. The van der Waals surface area contributed by atoms with Crippen LogP contribution >= 0.6 is 15.9 Å². The number of piperidine rings is 1. The number of rotatable bonds is 5. The average molecular weight is 378 g/mol. The van der Waals surface area contributed by atoms with Gasteiger partial charge >= 0.3 is 0 Å².